The van der Waals surface area contributed by atoms with E-state index < -0.39 is 5.82 Å². The Labute approximate surface area is 169 Å². The summed E-state index contributed by atoms with van der Waals surface area (Å²) in [6.07, 6.45) is 1.16. The van der Waals surface area contributed by atoms with Crippen molar-refractivity contribution in [3.05, 3.63) is 41.6 Å². The van der Waals surface area contributed by atoms with Gasteiger partial charge in [0.1, 0.15) is 12.1 Å². The normalized spacial score (nSPS) is 16.9. The van der Waals surface area contributed by atoms with Gasteiger partial charge in [-0.15, -0.1) is 0 Å². The van der Waals surface area contributed by atoms with E-state index in [1.807, 2.05) is 0 Å². The molecule has 1 fully saturated rings. The van der Waals surface area contributed by atoms with E-state index in [-0.39, 0.29) is 29.4 Å². The zero-order valence-electron chi connectivity index (χ0n) is 16.8. The molecule has 1 aliphatic rings. The van der Waals surface area contributed by atoms with Crippen LogP contribution in [-0.4, -0.2) is 61.3 Å². The second-order valence-corrected chi connectivity index (χ2v) is 7.07. The zero-order valence-corrected chi connectivity index (χ0v) is 16.8. The quantitative estimate of drug-likeness (QED) is 0.539. The minimum atomic E-state index is -0.561. The molecule has 3 rings (SSSR count). The smallest absolute Gasteiger partial charge is 0.167 e. The van der Waals surface area contributed by atoms with Gasteiger partial charge in [-0.3, -0.25) is 5.41 Å². The van der Waals surface area contributed by atoms with Crippen molar-refractivity contribution in [3.63, 3.8) is 0 Å². The van der Waals surface area contributed by atoms with Crippen LogP contribution in [-0.2, 0) is 9.47 Å². The maximum atomic E-state index is 14.1. The van der Waals surface area contributed by atoms with E-state index in [0.29, 0.717) is 43.4 Å². The SMILES string of the molecule is COCC1CN(c2cc(C(=N)c3cc(OC(C)C)c(F)cc3N)ncn2)CCO1. The number of nitrogens with two attached hydrogens (primary N) is 1. The fourth-order valence-electron chi connectivity index (χ4n) is 3.14. The lowest BCUT2D eigenvalue weighted by Crippen LogP contribution is -2.44. The molecule has 0 spiro atoms. The van der Waals surface area contributed by atoms with Gasteiger partial charge in [0.05, 0.1) is 36.8 Å². The number of rotatable bonds is 7. The molecule has 2 heterocycles. The summed E-state index contributed by atoms with van der Waals surface area (Å²) < 4.78 is 30.5. The number of methoxy groups -OCH3 is 1. The Morgan fingerprint density at radius 1 is 1.38 bits per heavy atom. The number of ether oxygens (including phenoxy) is 3. The van der Waals surface area contributed by atoms with E-state index in [1.165, 1.54) is 18.5 Å². The first-order valence-corrected chi connectivity index (χ1v) is 9.41. The molecule has 1 saturated heterocycles. The minimum absolute atomic E-state index is 0.0462. The first-order valence-electron chi connectivity index (χ1n) is 9.41. The lowest BCUT2D eigenvalue weighted by atomic mass is 10.0. The molecule has 1 aromatic heterocycles. The Kier molecular flexibility index (Phi) is 6.60. The number of hydrogen-bond donors (Lipinski definition) is 2. The van der Waals surface area contributed by atoms with Crippen LogP contribution in [0.1, 0.15) is 25.1 Å². The molecular weight excluding hydrogens is 377 g/mol. The summed E-state index contributed by atoms with van der Waals surface area (Å²) in [7, 11) is 1.64. The lowest BCUT2D eigenvalue weighted by Gasteiger charge is -2.33. The first-order chi connectivity index (χ1) is 13.9. The van der Waals surface area contributed by atoms with Crippen LogP contribution in [0.4, 0.5) is 15.9 Å². The Morgan fingerprint density at radius 2 is 2.17 bits per heavy atom. The highest BCUT2D eigenvalue weighted by Crippen LogP contribution is 2.27. The fraction of sp³-hybridized carbons (Fsp3) is 0.450. The molecule has 156 valence electrons. The monoisotopic (exact) mass is 403 g/mol. The van der Waals surface area contributed by atoms with E-state index in [0.717, 1.165) is 0 Å². The molecule has 1 atom stereocenters. The molecule has 0 saturated carbocycles. The topological polar surface area (TPSA) is 107 Å². The number of hydrogen-bond acceptors (Lipinski definition) is 8. The number of halogens is 1. The van der Waals surface area contributed by atoms with Crippen LogP contribution in [0.15, 0.2) is 24.5 Å². The predicted octanol–water partition coefficient (Wildman–Crippen LogP) is 2.25. The standard InChI is InChI=1S/C20H26FN5O3/c1-12(2)29-18-6-14(16(22)7-15(18)21)20(23)17-8-19(25-11-24-17)26-4-5-28-13(9-26)10-27-3/h6-8,11-13,23H,4-5,9-10,22H2,1-3H3. The van der Waals surface area contributed by atoms with Gasteiger partial charge in [0.2, 0.25) is 0 Å². The highest BCUT2D eigenvalue weighted by molar-refractivity contribution is 6.13. The average Bonchev–Trinajstić information content (AvgIpc) is 2.70. The van der Waals surface area contributed by atoms with E-state index in [9.17, 15) is 4.39 Å². The number of morpholine rings is 1. The Morgan fingerprint density at radius 3 is 2.90 bits per heavy atom. The van der Waals surface area contributed by atoms with Gasteiger partial charge in [-0.25, -0.2) is 14.4 Å². The molecule has 9 heteroatoms. The van der Waals surface area contributed by atoms with Crippen LogP contribution in [0.25, 0.3) is 0 Å². The lowest BCUT2D eigenvalue weighted by molar-refractivity contribution is -0.0102. The maximum absolute atomic E-state index is 14.1. The third kappa shape index (κ3) is 4.99. The summed E-state index contributed by atoms with van der Waals surface area (Å²) in [5.74, 6) is 0.177. The molecule has 2 aromatic rings. The molecule has 1 aromatic carbocycles. The fourth-order valence-corrected chi connectivity index (χ4v) is 3.14. The third-order valence-electron chi connectivity index (χ3n) is 4.46. The summed E-state index contributed by atoms with van der Waals surface area (Å²) in [6, 6.07) is 4.34. The number of benzene rings is 1. The van der Waals surface area contributed by atoms with Crippen molar-refractivity contribution >= 4 is 17.2 Å². The van der Waals surface area contributed by atoms with Crippen molar-refractivity contribution in [2.24, 2.45) is 0 Å². The number of anilines is 2. The van der Waals surface area contributed by atoms with Gasteiger partial charge in [0, 0.05) is 43.6 Å². The molecule has 0 amide bonds. The second kappa shape index (κ2) is 9.15. The van der Waals surface area contributed by atoms with Crippen LogP contribution in [0.2, 0.25) is 0 Å². The molecule has 3 N–H and O–H groups in total. The average molecular weight is 403 g/mol. The van der Waals surface area contributed by atoms with E-state index in [2.05, 4.69) is 14.9 Å². The summed E-state index contributed by atoms with van der Waals surface area (Å²) in [6.45, 7) is 5.96. The molecule has 0 radical (unpaired) electrons. The molecule has 8 nitrogen and oxygen atoms in total. The zero-order chi connectivity index (χ0) is 21.0. The molecule has 0 aliphatic carbocycles. The van der Waals surface area contributed by atoms with Crippen molar-refractivity contribution in [1.82, 2.24) is 9.97 Å². The van der Waals surface area contributed by atoms with Gasteiger partial charge >= 0.3 is 0 Å². The van der Waals surface area contributed by atoms with Gasteiger partial charge in [-0.05, 0) is 19.9 Å². The van der Waals surface area contributed by atoms with E-state index >= 15 is 0 Å². The number of nitrogens with one attached hydrogen (secondary N) is 1. The summed E-state index contributed by atoms with van der Waals surface area (Å²) in [5, 5.41) is 8.57. The second-order valence-electron chi connectivity index (χ2n) is 7.07. The highest BCUT2D eigenvalue weighted by atomic mass is 19.1. The molecule has 1 aliphatic heterocycles. The van der Waals surface area contributed by atoms with Crippen molar-refractivity contribution in [3.8, 4) is 5.75 Å². The molecule has 1 unspecified atom stereocenters. The van der Waals surface area contributed by atoms with E-state index in [1.54, 1.807) is 27.0 Å². The molecular formula is C20H26FN5O3. The van der Waals surface area contributed by atoms with Crippen LogP contribution in [0, 0.1) is 11.2 Å². The van der Waals surface area contributed by atoms with Crippen LogP contribution in [0.3, 0.4) is 0 Å². The Balaban J connectivity index is 1.86. The summed E-state index contributed by atoms with van der Waals surface area (Å²) in [5.41, 5.74) is 6.93. The van der Waals surface area contributed by atoms with Crippen molar-refractivity contribution < 1.29 is 18.6 Å². The van der Waals surface area contributed by atoms with E-state index in [4.69, 9.17) is 25.4 Å². The van der Waals surface area contributed by atoms with Gasteiger partial charge in [-0.2, -0.15) is 0 Å². The van der Waals surface area contributed by atoms with Crippen molar-refractivity contribution in [2.75, 3.05) is 44.0 Å². The van der Waals surface area contributed by atoms with Crippen LogP contribution < -0.4 is 15.4 Å². The summed E-state index contributed by atoms with van der Waals surface area (Å²) >= 11 is 0. The van der Waals surface area contributed by atoms with Gasteiger partial charge in [0.15, 0.2) is 11.6 Å². The van der Waals surface area contributed by atoms with Gasteiger partial charge in [-0.1, -0.05) is 0 Å². The molecule has 0 bridgehead atoms. The molecule has 29 heavy (non-hydrogen) atoms. The van der Waals surface area contributed by atoms with Crippen LogP contribution in [0.5, 0.6) is 5.75 Å². The highest BCUT2D eigenvalue weighted by Gasteiger charge is 2.23. The predicted molar refractivity (Wildman–Crippen MR) is 108 cm³/mol. The Hall–Kier alpha value is -2.78. The minimum Gasteiger partial charge on any atom is -0.488 e. The van der Waals surface area contributed by atoms with Crippen LogP contribution >= 0.6 is 0 Å². The van der Waals surface area contributed by atoms with Crippen molar-refractivity contribution in [2.45, 2.75) is 26.1 Å². The van der Waals surface area contributed by atoms with Crippen molar-refractivity contribution in [1.29, 1.82) is 5.41 Å². The third-order valence-corrected chi connectivity index (χ3v) is 4.46. The number of nitrogens with zero attached hydrogens (tertiary/aromatic N) is 3. The van der Waals surface area contributed by atoms with Gasteiger partial charge < -0.3 is 24.8 Å². The van der Waals surface area contributed by atoms with Gasteiger partial charge in [0.25, 0.3) is 0 Å². The first kappa shape index (κ1) is 20.9. The number of aromatic nitrogens is 2. The maximum Gasteiger partial charge on any atom is 0.167 e. The number of nitrogen functional groups attached to an aromatic ring is 1. The summed E-state index contributed by atoms with van der Waals surface area (Å²) in [4.78, 5) is 10.6. The Bertz CT molecular complexity index is 875. The largest absolute Gasteiger partial charge is 0.488 e.